The number of unbranched alkanes of at least 4 members (excludes halogenated alkanes) is 1. The Morgan fingerprint density at radius 1 is 1.10 bits per heavy atom. The van der Waals surface area contributed by atoms with Gasteiger partial charge in [-0.15, -0.1) is 0 Å². The van der Waals surface area contributed by atoms with Crippen molar-refractivity contribution in [3.05, 3.63) is 59.9 Å². The molecule has 1 heterocycles. The smallest absolute Gasteiger partial charge is 0.249 e. The Bertz CT molecular complexity index is 814. The Morgan fingerprint density at radius 3 is 2.53 bits per heavy atom. The van der Waals surface area contributed by atoms with Crippen LogP contribution < -0.4 is 0 Å². The molecule has 2 aromatic rings. The van der Waals surface area contributed by atoms with E-state index in [9.17, 15) is 9.59 Å². The molecule has 1 aromatic carbocycles. The van der Waals surface area contributed by atoms with Gasteiger partial charge in [0.1, 0.15) is 6.61 Å². The molecule has 0 spiro atoms. The van der Waals surface area contributed by atoms with Crippen molar-refractivity contribution in [2.24, 2.45) is 0 Å². The Labute approximate surface area is 179 Å². The van der Waals surface area contributed by atoms with Crippen LogP contribution in [0.4, 0.5) is 0 Å². The molecule has 1 aliphatic carbocycles. The molecular weight excluding hydrogens is 378 g/mol. The lowest BCUT2D eigenvalue weighted by Crippen LogP contribution is -2.45. The molecule has 1 aromatic heterocycles. The summed E-state index contributed by atoms with van der Waals surface area (Å²) in [4.78, 5) is 29.2. The zero-order chi connectivity index (χ0) is 21.3. The number of ether oxygens (including phenoxy) is 1. The fourth-order valence-electron chi connectivity index (χ4n) is 3.62. The minimum Gasteiger partial charge on any atom is -0.375 e. The van der Waals surface area contributed by atoms with Crippen molar-refractivity contribution in [2.75, 3.05) is 26.8 Å². The highest BCUT2D eigenvalue weighted by Crippen LogP contribution is 2.29. The van der Waals surface area contributed by atoms with Crippen molar-refractivity contribution < 1.29 is 14.3 Å². The first kappa shape index (κ1) is 22.1. The van der Waals surface area contributed by atoms with Crippen molar-refractivity contribution >= 4 is 11.8 Å². The highest BCUT2D eigenvalue weighted by molar-refractivity contribution is 5.85. The van der Waals surface area contributed by atoms with Gasteiger partial charge in [0.25, 0.3) is 0 Å². The zero-order valence-electron chi connectivity index (χ0n) is 18.1. The number of methoxy groups -OCH3 is 1. The Balaban J connectivity index is 1.68. The van der Waals surface area contributed by atoms with Gasteiger partial charge in [-0.1, -0.05) is 43.7 Å². The largest absolute Gasteiger partial charge is 0.375 e. The van der Waals surface area contributed by atoms with E-state index in [0.29, 0.717) is 13.1 Å². The monoisotopic (exact) mass is 411 g/mol. The molecular formula is C24H33N3O3. The second kappa shape index (κ2) is 11.0. The van der Waals surface area contributed by atoms with Crippen molar-refractivity contribution in [3.8, 4) is 0 Å². The fraction of sp³-hybridized carbons (Fsp3) is 0.500. The summed E-state index contributed by atoms with van der Waals surface area (Å²) >= 11 is 0. The molecule has 0 unspecified atom stereocenters. The lowest BCUT2D eigenvalue weighted by Gasteiger charge is -2.28. The third-order valence-corrected chi connectivity index (χ3v) is 5.49. The van der Waals surface area contributed by atoms with Gasteiger partial charge >= 0.3 is 0 Å². The number of carbonyl (C=O) groups is 2. The van der Waals surface area contributed by atoms with E-state index in [1.807, 2.05) is 29.2 Å². The van der Waals surface area contributed by atoms with Crippen molar-refractivity contribution in [1.82, 2.24) is 14.4 Å². The lowest BCUT2D eigenvalue weighted by atomic mass is 10.2. The van der Waals surface area contributed by atoms with Gasteiger partial charge in [-0.2, -0.15) is 0 Å². The molecule has 0 saturated heterocycles. The summed E-state index contributed by atoms with van der Waals surface area (Å²) in [6.07, 6.45) is 5.99. The third kappa shape index (κ3) is 6.20. The average Bonchev–Trinajstić information content (AvgIpc) is 3.50. The second-order valence-corrected chi connectivity index (χ2v) is 7.97. The van der Waals surface area contributed by atoms with Crippen LogP contribution in [-0.2, 0) is 27.4 Å². The molecule has 162 valence electrons. The van der Waals surface area contributed by atoms with Gasteiger partial charge < -0.3 is 19.1 Å². The van der Waals surface area contributed by atoms with Crippen LogP contribution in [0.15, 0.2) is 48.7 Å². The standard InChI is InChI=1S/C24H33N3O3/c1-3-4-14-26(24(29)19-30-2)18-23(28)27(21-12-13-21)17-22-11-8-15-25(22)16-20-9-6-5-7-10-20/h5-11,15,21H,3-4,12-14,16-19H2,1-2H3. The first-order valence-electron chi connectivity index (χ1n) is 10.9. The van der Waals surface area contributed by atoms with Crippen LogP contribution in [0, 0.1) is 0 Å². The summed E-state index contributed by atoms with van der Waals surface area (Å²) in [5, 5.41) is 0. The summed E-state index contributed by atoms with van der Waals surface area (Å²) in [7, 11) is 1.51. The van der Waals surface area contributed by atoms with Crippen LogP contribution in [-0.4, -0.2) is 59.0 Å². The number of amides is 2. The predicted molar refractivity (Wildman–Crippen MR) is 117 cm³/mol. The number of hydrogen-bond acceptors (Lipinski definition) is 3. The predicted octanol–water partition coefficient (Wildman–Crippen LogP) is 3.30. The summed E-state index contributed by atoms with van der Waals surface area (Å²) in [5.74, 6) is -0.104. The van der Waals surface area contributed by atoms with E-state index in [0.717, 1.165) is 37.9 Å². The quantitative estimate of drug-likeness (QED) is 0.538. The van der Waals surface area contributed by atoms with Crippen LogP contribution in [0.5, 0.6) is 0 Å². The van der Waals surface area contributed by atoms with E-state index in [2.05, 4.69) is 35.9 Å². The van der Waals surface area contributed by atoms with Crippen molar-refractivity contribution in [2.45, 2.75) is 51.7 Å². The maximum Gasteiger partial charge on any atom is 0.249 e. The average molecular weight is 412 g/mol. The number of aromatic nitrogens is 1. The summed E-state index contributed by atoms with van der Waals surface area (Å²) < 4.78 is 7.20. The molecule has 6 nitrogen and oxygen atoms in total. The van der Waals surface area contributed by atoms with Crippen LogP contribution in [0.1, 0.15) is 43.9 Å². The normalized spacial score (nSPS) is 13.3. The van der Waals surface area contributed by atoms with E-state index in [-0.39, 0.29) is 31.0 Å². The maximum absolute atomic E-state index is 13.2. The highest BCUT2D eigenvalue weighted by atomic mass is 16.5. The summed E-state index contributed by atoms with van der Waals surface area (Å²) in [5.41, 5.74) is 2.34. The van der Waals surface area contributed by atoms with Crippen LogP contribution in [0.25, 0.3) is 0 Å². The molecule has 0 radical (unpaired) electrons. The number of hydrogen-bond donors (Lipinski definition) is 0. The summed E-state index contributed by atoms with van der Waals surface area (Å²) in [6.45, 7) is 4.16. The molecule has 0 bridgehead atoms. The Morgan fingerprint density at radius 2 is 1.87 bits per heavy atom. The number of rotatable bonds is 12. The van der Waals surface area contributed by atoms with E-state index in [1.165, 1.54) is 12.7 Å². The number of benzene rings is 1. The molecule has 1 fully saturated rings. The molecule has 3 rings (SSSR count). The number of nitrogens with zero attached hydrogens (tertiary/aromatic N) is 3. The summed E-state index contributed by atoms with van der Waals surface area (Å²) in [6, 6.07) is 14.7. The van der Waals surface area contributed by atoms with Gasteiger partial charge in [0.05, 0.1) is 13.1 Å². The third-order valence-electron chi connectivity index (χ3n) is 5.49. The molecule has 1 aliphatic rings. The minimum atomic E-state index is -0.123. The van der Waals surface area contributed by atoms with Crippen molar-refractivity contribution in [1.29, 1.82) is 0 Å². The Kier molecular flexibility index (Phi) is 8.08. The van der Waals surface area contributed by atoms with E-state index < -0.39 is 0 Å². The molecule has 6 heteroatoms. The fourth-order valence-corrected chi connectivity index (χ4v) is 3.62. The second-order valence-electron chi connectivity index (χ2n) is 7.97. The maximum atomic E-state index is 13.2. The topological polar surface area (TPSA) is 54.8 Å². The van der Waals surface area contributed by atoms with E-state index in [1.54, 1.807) is 4.90 Å². The van der Waals surface area contributed by atoms with Gasteiger partial charge in [0, 0.05) is 38.1 Å². The number of carbonyl (C=O) groups excluding carboxylic acids is 2. The van der Waals surface area contributed by atoms with Gasteiger partial charge in [-0.05, 0) is 37.0 Å². The van der Waals surface area contributed by atoms with Gasteiger partial charge in [-0.25, -0.2) is 0 Å². The molecule has 0 atom stereocenters. The van der Waals surface area contributed by atoms with Crippen LogP contribution in [0.2, 0.25) is 0 Å². The molecule has 1 saturated carbocycles. The molecule has 30 heavy (non-hydrogen) atoms. The first-order valence-corrected chi connectivity index (χ1v) is 10.9. The first-order chi connectivity index (χ1) is 14.6. The van der Waals surface area contributed by atoms with E-state index >= 15 is 0 Å². The highest BCUT2D eigenvalue weighted by Gasteiger charge is 2.34. The van der Waals surface area contributed by atoms with Crippen LogP contribution in [0.3, 0.4) is 0 Å². The molecule has 2 amide bonds. The van der Waals surface area contributed by atoms with E-state index in [4.69, 9.17) is 4.74 Å². The molecule has 0 aliphatic heterocycles. The Hall–Kier alpha value is -2.60. The lowest BCUT2D eigenvalue weighted by molar-refractivity contribution is -0.143. The van der Waals surface area contributed by atoms with Crippen LogP contribution >= 0.6 is 0 Å². The minimum absolute atomic E-state index is 0.0142. The SMILES string of the molecule is CCCCN(CC(=O)N(Cc1cccn1Cc1ccccc1)C1CC1)C(=O)COC. The zero-order valence-corrected chi connectivity index (χ0v) is 18.1. The van der Waals surface area contributed by atoms with Gasteiger partial charge in [0.2, 0.25) is 11.8 Å². The molecule has 0 N–H and O–H groups in total. The van der Waals surface area contributed by atoms with Gasteiger partial charge in [-0.3, -0.25) is 9.59 Å². The van der Waals surface area contributed by atoms with Gasteiger partial charge in [0.15, 0.2) is 0 Å². The van der Waals surface area contributed by atoms with Crippen molar-refractivity contribution in [3.63, 3.8) is 0 Å².